The lowest BCUT2D eigenvalue weighted by molar-refractivity contribution is -0.115. The zero-order chi connectivity index (χ0) is 16.6. The van der Waals surface area contributed by atoms with Crippen LogP contribution < -0.4 is 0 Å². The Morgan fingerprint density at radius 2 is 1.35 bits per heavy atom. The Bertz CT molecular complexity index is 190. The van der Waals surface area contributed by atoms with E-state index in [1.165, 1.54) is 19.4 Å². The van der Waals surface area contributed by atoms with Crippen molar-refractivity contribution >= 4 is 23.2 Å². The van der Waals surface area contributed by atoms with Crippen molar-refractivity contribution in [1.29, 1.82) is 0 Å². The maximum Gasteiger partial charge on any atom is 0.242 e. The molecule has 0 heterocycles. The Hall–Kier alpha value is 0.0900. The molecule has 2 atom stereocenters. The van der Waals surface area contributed by atoms with Crippen LogP contribution in [0.15, 0.2) is 12.2 Å². The molecule has 0 aromatic carbocycles. The van der Waals surface area contributed by atoms with Gasteiger partial charge in [0.25, 0.3) is 0 Å². The summed E-state index contributed by atoms with van der Waals surface area (Å²) in [5.74, 6) is -2.33. The molecular weight excluding hydrogens is 300 g/mol. The van der Waals surface area contributed by atoms with Crippen molar-refractivity contribution in [2.24, 2.45) is 0 Å². The number of rotatable bonds is 2. The zero-order valence-electron chi connectivity index (χ0n) is 13.4. The lowest BCUT2D eigenvalue weighted by Crippen LogP contribution is -1.98. The highest BCUT2D eigenvalue weighted by atomic mass is 32.0. The van der Waals surface area contributed by atoms with Crippen LogP contribution in [-0.4, -0.2) is 17.8 Å². The molecule has 0 spiro atoms. The molecule has 0 radical (unpaired) electrons. The number of hydrogen-bond acceptors (Lipinski definition) is 2. The Morgan fingerprint density at radius 1 is 1.20 bits per heavy atom. The van der Waals surface area contributed by atoms with Crippen molar-refractivity contribution in [1.82, 2.24) is 0 Å². The summed E-state index contributed by atoms with van der Waals surface area (Å²) < 4.78 is 27.1. The quantitative estimate of drug-likeness (QED) is 0.439. The molecule has 2 unspecified atom stereocenters. The smallest absolute Gasteiger partial charge is 0.242 e. The summed E-state index contributed by atoms with van der Waals surface area (Å²) in [5.41, 5.74) is 1.17. The lowest BCUT2D eigenvalue weighted by Gasteiger charge is -1.99. The van der Waals surface area contributed by atoms with E-state index in [1.807, 2.05) is 27.7 Å². The summed E-state index contributed by atoms with van der Waals surface area (Å²) in [6.45, 7) is 16.3. The predicted octanol–water partition coefficient (Wildman–Crippen LogP) is 6.27. The molecule has 0 saturated carbocycles. The highest BCUT2D eigenvalue weighted by molar-refractivity contribution is 8.00. The van der Waals surface area contributed by atoms with Gasteiger partial charge in [0.2, 0.25) is 5.92 Å². The highest BCUT2D eigenvalue weighted by Crippen LogP contribution is 2.22. The van der Waals surface area contributed by atoms with Gasteiger partial charge in [-0.2, -0.15) is 0 Å². The maximum absolute atomic E-state index is 11.0. The van der Waals surface area contributed by atoms with Crippen molar-refractivity contribution in [2.45, 2.75) is 74.8 Å². The zero-order valence-corrected chi connectivity index (χ0v) is 15.6. The second-order valence-electron chi connectivity index (χ2n) is 4.73. The Labute approximate surface area is 129 Å². The SMILES string of the molecule is C.C=C(C)C.CC(C)(F)F.CC(C)=O.CC(C)OPP. The first kappa shape index (κ1) is 32.2. The van der Waals surface area contributed by atoms with E-state index in [1.54, 1.807) is 0 Å². The van der Waals surface area contributed by atoms with Gasteiger partial charge >= 0.3 is 0 Å². The largest absolute Gasteiger partial charge is 0.356 e. The second kappa shape index (κ2) is 21.4. The standard InChI is InChI=1S/C4H8.C3H6F2.C3H10OP2.C3H6O.CH4/c1-4(2)3;1-3(2,4)5;1-3(2)4-6-5;1-3(2)4;/h1H2,2-3H3;1-2H3;3,6H,5H2,1-2H3;1-2H3;1H4. The van der Waals surface area contributed by atoms with Crippen molar-refractivity contribution in [3.8, 4) is 0 Å². The van der Waals surface area contributed by atoms with E-state index in [4.69, 9.17) is 4.52 Å². The first-order valence-electron chi connectivity index (χ1n) is 5.82. The molecule has 20 heavy (non-hydrogen) atoms. The van der Waals surface area contributed by atoms with Crippen LogP contribution in [-0.2, 0) is 9.32 Å². The van der Waals surface area contributed by atoms with E-state index < -0.39 is 5.92 Å². The minimum atomic E-state index is -2.50. The molecule has 0 bridgehead atoms. The lowest BCUT2D eigenvalue weighted by atomic mass is 10.4. The van der Waals surface area contributed by atoms with Crippen LogP contribution in [0.1, 0.15) is 62.8 Å². The van der Waals surface area contributed by atoms with Crippen LogP contribution in [0, 0.1) is 0 Å². The number of allylic oxidation sites excluding steroid dienone is 1. The van der Waals surface area contributed by atoms with E-state index in [9.17, 15) is 13.6 Å². The first-order valence-corrected chi connectivity index (χ1v) is 8.54. The van der Waals surface area contributed by atoms with Gasteiger partial charge in [-0.25, -0.2) is 8.78 Å². The number of hydrogen-bond donors (Lipinski definition) is 0. The first-order chi connectivity index (χ1) is 8.23. The van der Waals surface area contributed by atoms with Crippen LogP contribution in [0.25, 0.3) is 0 Å². The number of carbonyl (C=O) groups excluding carboxylic acids is 1. The molecule has 0 aliphatic carbocycles. The van der Waals surface area contributed by atoms with Crippen molar-refractivity contribution in [2.75, 3.05) is 0 Å². The fourth-order valence-electron chi connectivity index (χ4n) is 0.136. The average molecular weight is 334 g/mol. The molecule has 6 heteroatoms. The normalized spacial score (nSPS) is 9.20. The third kappa shape index (κ3) is 553. The summed E-state index contributed by atoms with van der Waals surface area (Å²) >= 11 is 0. The molecule has 0 rings (SSSR count). The topological polar surface area (TPSA) is 26.3 Å². The van der Waals surface area contributed by atoms with Gasteiger partial charge in [-0.3, -0.25) is 0 Å². The highest BCUT2D eigenvalue weighted by Gasteiger charge is 2.08. The van der Waals surface area contributed by atoms with Crippen LogP contribution in [0.3, 0.4) is 0 Å². The van der Waals surface area contributed by atoms with Gasteiger partial charge in [0, 0.05) is 8.50 Å². The molecule has 0 saturated heterocycles. The minimum Gasteiger partial charge on any atom is -0.356 e. The number of alkyl halides is 2. The fraction of sp³-hybridized carbons (Fsp3) is 0.786. The van der Waals surface area contributed by atoms with E-state index in [2.05, 4.69) is 15.5 Å². The van der Waals surface area contributed by atoms with E-state index in [0.29, 0.717) is 14.6 Å². The third-order valence-corrected chi connectivity index (χ3v) is 1.32. The van der Waals surface area contributed by atoms with Crippen LogP contribution in [0.4, 0.5) is 8.78 Å². The fourth-order valence-corrected chi connectivity index (χ4v) is 1.22. The maximum atomic E-state index is 11.0. The summed E-state index contributed by atoms with van der Waals surface area (Å²) in [6.07, 6.45) is 0.390. The van der Waals surface area contributed by atoms with E-state index in [-0.39, 0.29) is 13.2 Å². The van der Waals surface area contributed by atoms with Gasteiger partial charge in [-0.15, -0.1) is 6.58 Å². The number of carbonyl (C=O) groups is 1. The summed E-state index contributed by atoms with van der Waals surface area (Å²) in [6, 6.07) is 0. The molecule has 0 N–H and O–H groups in total. The monoisotopic (exact) mass is 334 g/mol. The van der Waals surface area contributed by atoms with E-state index in [0.717, 1.165) is 13.8 Å². The second-order valence-corrected chi connectivity index (χ2v) is 5.91. The third-order valence-electron chi connectivity index (χ3n) is 0.304. The summed E-state index contributed by atoms with van der Waals surface area (Å²) in [7, 11) is 3.08. The number of Topliss-reactive ketones (excluding diaryl/α,β-unsaturated/α-hetero) is 1. The van der Waals surface area contributed by atoms with Gasteiger partial charge < -0.3 is 9.32 Å². The van der Waals surface area contributed by atoms with Crippen molar-refractivity contribution in [3.63, 3.8) is 0 Å². The average Bonchev–Trinajstić information content (AvgIpc) is 1.96. The number of halogens is 2. The van der Waals surface area contributed by atoms with Crippen molar-refractivity contribution in [3.05, 3.63) is 12.2 Å². The minimum absolute atomic E-state index is 0. The molecule has 2 nitrogen and oxygen atoms in total. The molecular formula is C14H34F2O2P2. The molecule has 0 amide bonds. The molecule has 0 aromatic heterocycles. The van der Waals surface area contributed by atoms with E-state index >= 15 is 0 Å². The Kier molecular flexibility index (Phi) is 34.4. The van der Waals surface area contributed by atoms with Crippen LogP contribution in [0.2, 0.25) is 0 Å². The summed E-state index contributed by atoms with van der Waals surface area (Å²) in [4.78, 5) is 9.44. The molecule has 126 valence electrons. The van der Waals surface area contributed by atoms with Crippen LogP contribution >= 0.6 is 17.4 Å². The number of ketones is 1. The van der Waals surface area contributed by atoms with Crippen LogP contribution in [0.5, 0.6) is 0 Å². The Morgan fingerprint density at radius 3 is 1.35 bits per heavy atom. The summed E-state index contributed by atoms with van der Waals surface area (Å²) in [5, 5.41) is 0. The van der Waals surface area contributed by atoms with Gasteiger partial charge in [0.05, 0.1) is 6.10 Å². The Balaban J connectivity index is -0.0000000499. The molecule has 0 aromatic rings. The molecule has 0 aliphatic rings. The van der Waals surface area contributed by atoms with Gasteiger partial charge in [-0.05, 0) is 55.4 Å². The van der Waals surface area contributed by atoms with Gasteiger partial charge in [-0.1, -0.05) is 21.9 Å². The van der Waals surface area contributed by atoms with Gasteiger partial charge in [0.1, 0.15) is 5.78 Å². The predicted molar refractivity (Wildman–Crippen MR) is 94.1 cm³/mol. The molecule has 0 fully saturated rings. The van der Waals surface area contributed by atoms with Crippen molar-refractivity contribution < 1.29 is 18.1 Å². The molecule has 0 aliphatic heterocycles. The van der Waals surface area contributed by atoms with Gasteiger partial charge in [0.15, 0.2) is 0 Å².